The van der Waals surface area contributed by atoms with Gasteiger partial charge in [-0.1, -0.05) is 13.8 Å². The molecule has 0 aromatic carbocycles. The molecule has 16 heavy (non-hydrogen) atoms. The van der Waals surface area contributed by atoms with Gasteiger partial charge in [-0.05, 0) is 5.92 Å². The van der Waals surface area contributed by atoms with Crippen LogP contribution in [0.25, 0.3) is 0 Å². The van der Waals surface area contributed by atoms with Crippen molar-refractivity contribution in [1.29, 1.82) is 0 Å². The molecular formula is C11H16N4O. The van der Waals surface area contributed by atoms with Crippen LogP contribution in [0.15, 0.2) is 18.7 Å². The van der Waals surface area contributed by atoms with E-state index >= 15 is 0 Å². The van der Waals surface area contributed by atoms with Gasteiger partial charge in [0.25, 0.3) is 5.91 Å². The van der Waals surface area contributed by atoms with E-state index in [-0.39, 0.29) is 11.4 Å². The lowest BCUT2D eigenvalue weighted by atomic mass is 9.80. The molecule has 1 saturated heterocycles. The van der Waals surface area contributed by atoms with Crippen molar-refractivity contribution in [3.05, 3.63) is 24.3 Å². The maximum absolute atomic E-state index is 11.9. The molecule has 1 aromatic rings. The monoisotopic (exact) mass is 220 g/mol. The highest BCUT2D eigenvalue weighted by Crippen LogP contribution is 2.27. The third-order valence-corrected chi connectivity index (χ3v) is 3.22. The van der Waals surface area contributed by atoms with Crippen molar-refractivity contribution < 1.29 is 4.79 Å². The van der Waals surface area contributed by atoms with Crippen LogP contribution in [0.2, 0.25) is 0 Å². The molecule has 0 bridgehead atoms. The first kappa shape index (κ1) is 11.0. The SMILES string of the molecule is CC(C)C1(N)CN(C(=O)c2cncnc2)C1. The van der Waals surface area contributed by atoms with Crippen LogP contribution in [0.3, 0.4) is 0 Å². The molecule has 2 N–H and O–H groups in total. The maximum Gasteiger partial charge on any atom is 0.257 e. The van der Waals surface area contributed by atoms with Gasteiger partial charge in [-0.2, -0.15) is 0 Å². The largest absolute Gasteiger partial charge is 0.335 e. The molecule has 2 rings (SSSR count). The Balaban J connectivity index is 2.01. The van der Waals surface area contributed by atoms with Gasteiger partial charge in [0.15, 0.2) is 0 Å². The number of hydrogen-bond acceptors (Lipinski definition) is 4. The molecule has 1 amide bonds. The van der Waals surface area contributed by atoms with Crippen LogP contribution >= 0.6 is 0 Å². The fourth-order valence-corrected chi connectivity index (χ4v) is 1.77. The van der Waals surface area contributed by atoms with E-state index in [1.165, 1.54) is 18.7 Å². The van der Waals surface area contributed by atoms with Gasteiger partial charge in [0, 0.05) is 25.5 Å². The van der Waals surface area contributed by atoms with Crippen LogP contribution in [0.4, 0.5) is 0 Å². The Labute approximate surface area is 94.7 Å². The predicted octanol–water partition coefficient (Wildman–Crippen LogP) is 0.286. The maximum atomic E-state index is 11.9. The standard InChI is InChI=1S/C11H16N4O/c1-8(2)11(12)5-15(6-11)10(16)9-3-13-7-14-4-9/h3-4,7-8H,5-6,12H2,1-2H3. The van der Waals surface area contributed by atoms with Gasteiger partial charge < -0.3 is 10.6 Å². The van der Waals surface area contributed by atoms with Gasteiger partial charge in [0.1, 0.15) is 6.33 Å². The van der Waals surface area contributed by atoms with Crippen LogP contribution in [-0.2, 0) is 0 Å². The number of likely N-dealkylation sites (tertiary alicyclic amines) is 1. The number of rotatable bonds is 2. The summed E-state index contributed by atoms with van der Waals surface area (Å²) in [4.78, 5) is 21.3. The summed E-state index contributed by atoms with van der Waals surface area (Å²) in [6.07, 6.45) is 4.47. The Hall–Kier alpha value is -1.49. The van der Waals surface area contributed by atoms with Crippen LogP contribution in [0.5, 0.6) is 0 Å². The average molecular weight is 220 g/mol. The number of carbonyl (C=O) groups excluding carboxylic acids is 1. The van der Waals surface area contributed by atoms with Gasteiger partial charge in [-0.15, -0.1) is 0 Å². The van der Waals surface area contributed by atoms with Gasteiger partial charge in [0.2, 0.25) is 0 Å². The summed E-state index contributed by atoms with van der Waals surface area (Å²) in [6, 6.07) is 0. The molecule has 0 radical (unpaired) electrons. The summed E-state index contributed by atoms with van der Waals surface area (Å²) in [5, 5.41) is 0. The average Bonchev–Trinajstić information content (AvgIpc) is 2.25. The first-order chi connectivity index (χ1) is 7.53. The molecule has 1 aliphatic heterocycles. The van der Waals surface area contributed by atoms with E-state index in [1.807, 2.05) is 0 Å². The van der Waals surface area contributed by atoms with E-state index in [0.29, 0.717) is 24.6 Å². The molecule has 1 aliphatic rings. The quantitative estimate of drug-likeness (QED) is 0.777. The second kappa shape index (κ2) is 3.83. The molecule has 86 valence electrons. The Morgan fingerprint density at radius 2 is 2.00 bits per heavy atom. The molecular weight excluding hydrogens is 204 g/mol. The molecule has 0 spiro atoms. The van der Waals surface area contributed by atoms with E-state index < -0.39 is 0 Å². The summed E-state index contributed by atoms with van der Waals surface area (Å²) < 4.78 is 0. The van der Waals surface area contributed by atoms with Crippen molar-refractivity contribution in [3.8, 4) is 0 Å². The number of nitrogens with two attached hydrogens (primary N) is 1. The zero-order chi connectivity index (χ0) is 11.8. The third-order valence-electron chi connectivity index (χ3n) is 3.22. The second-order valence-corrected chi connectivity index (χ2v) is 4.68. The predicted molar refractivity (Wildman–Crippen MR) is 59.7 cm³/mol. The Morgan fingerprint density at radius 3 is 2.50 bits per heavy atom. The van der Waals surface area contributed by atoms with Crippen molar-refractivity contribution in [1.82, 2.24) is 14.9 Å². The van der Waals surface area contributed by atoms with E-state index in [9.17, 15) is 4.79 Å². The topological polar surface area (TPSA) is 72.1 Å². The second-order valence-electron chi connectivity index (χ2n) is 4.68. The minimum atomic E-state index is -0.231. The van der Waals surface area contributed by atoms with Crippen LogP contribution in [-0.4, -0.2) is 39.4 Å². The molecule has 0 atom stereocenters. The molecule has 5 heteroatoms. The molecule has 1 aromatic heterocycles. The molecule has 0 aliphatic carbocycles. The van der Waals surface area contributed by atoms with Crippen LogP contribution in [0, 0.1) is 5.92 Å². The highest BCUT2D eigenvalue weighted by Gasteiger charge is 2.44. The van der Waals surface area contributed by atoms with Crippen molar-refractivity contribution in [2.24, 2.45) is 11.7 Å². The van der Waals surface area contributed by atoms with Gasteiger partial charge in [-0.3, -0.25) is 4.79 Å². The zero-order valence-electron chi connectivity index (χ0n) is 9.55. The molecule has 0 saturated carbocycles. The van der Waals surface area contributed by atoms with Crippen molar-refractivity contribution in [3.63, 3.8) is 0 Å². The zero-order valence-corrected chi connectivity index (χ0v) is 9.55. The molecule has 1 fully saturated rings. The first-order valence-electron chi connectivity index (χ1n) is 5.36. The lowest BCUT2D eigenvalue weighted by molar-refractivity contribution is 0.0274. The fraction of sp³-hybridized carbons (Fsp3) is 0.545. The number of hydrogen-bond donors (Lipinski definition) is 1. The van der Waals surface area contributed by atoms with E-state index in [0.717, 1.165) is 0 Å². The van der Waals surface area contributed by atoms with Crippen molar-refractivity contribution >= 4 is 5.91 Å². The highest BCUT2D eigenvalue weighted by atomic mass is 16.2. The Morgan fingerprint density at radius 1 is 1.44 bits per heavy atom. The first-order valence-corrected chi connectivity index (χ1v) is 5.36. The number of amides is 1. The van der Waals surface area contributed by atoms with Crippen molar-refractivity contribution in [2.75, 3.05) is 13.1 Å². The number of carbonyl (C=O) groups is 1. The van der Waals surface area contributed by atoms with E-state index in [1.54, 1.807) is 4.90 Å². The summed E-state index contributed by atoms with van der Waals surface area (Å²) >= 11 is 0. The smallest absolute Gasteiger partial charge is 0.257 e. The minimum Gasteiger partial charge on any atom is -0.335 e. The number of nitrogens with zero attached hydrogens (tertiary/aromatic N) is 3. The number of aromatic nitrogens is 2. The third kappa shape index (κ3) is 1.78. The fourth-order valence-electron chi connectivity index (χ4n) is 1.77. The van der Waals surface area contributed by atoms with Gasteiger partial charge in [-0.25, -0.2) is 9.97 Å². The molecule has 5 nitrogen and oxygen atoms in total. The van der Waals surface area contributed by atoms with E-state index in [2.05, 4.69) is 23.8 Å². The van der Waals surface area contributed by atoms with E-state index in [4.69, 9.17) is 5.73 Å². The van der Waals surface area contributed by atoms with Crippen molar-refractivity contribution in [2.45, 2.75) is 19.4 Å². The lowest BCUT2D eigenvalue weighted by Crippen LogP contribution is -2.71. The summed E-state index contributed by atoms with van der Waals surface area (Å²) in [5.74, 6) is 0.339. The molecule has 2 heterocycles. The van der Waals surface area contributed by atoms with Gasteiger partial charge in [0.05, 0.1) is 11.1 Å². The summed E-state index contributed by atoms with van der Waals surface area (Å²) in [6.45, 7) is 5.37. The lowest BCUT2D eigenvalue weighted by Gasteiger charge is -2.50. The summed E-state index contributed by atoms with van der Waals surface area (Å²) in [7, 11) is 0. The Bertz CT molecular complexity index is 384. The van der Waals surface area contributed by atoms with Crippen LogP contribution < -0.4 is 5.73 Å². The Kier molecular flexibility index (Phi) is 2.63. The molecule has 0 unspecified atom stereocenters. The highest BCUT2D eigenvalue weighted by molar-refractivity contribution is 5.94. The van der Waals surface area contributed by atoms with Gasteiger partial charge >= 0.3 is 0 Å². The van der Waals surface area contributed by atoms with Crippen LogP contribution in [0.1, 0.15) is 24.2 Å². The minimum absolute atomic E-state index is 0.0395. The summed E-state index contributed by atoms with van der Waals surface area (Å²) in [5.41, 5.74) is 6.42. The normalized spacial score (nSPS) is 18.4.